The zero-order valence-corrected chi connectivity index (χ0v) is 9.05. The molecule has 1 aromatic rings. The second-order valence-electron chi connectivity index (χ2n) is 3.31. The van der Waals surface area contributed by atoms with Crippen molar-refractivity contribution in [2.24, 2.45) is 0 Å². The van der Waals surface area contributed by atoms with E-state index in [-0.39, 0.29) is 11.1 Å². The molecule has 0 aliphatic rings. The molecule has 1 rings (SSSR count). The summed E-state index contributed by atoms with van der Waals surface area (Å²) in [6, 6.07) is 1.58. The number of nitriles is 1. The Kier molecular flexibility index (Phi) is 4.06. The molecule has 0 radical (unpaired) electrons. The van der Waals surface area contributed by atoms with E-state index in [0.29, 0.717) is 6.20 Å². The Hall–Kier alpha value is -1.91. The van der Waals surface area contributed by atoms with Gasteiger partial charge in [0, 0.05) is 17.3 Å². The second kappa shape index (κ2) is 5.16. The van der Waals surface area contributed by atoms with Gasteiger partial charge in [-0.15, -0.1) is 13.2 Å². The van der Waals surface area contributed by atoms with E-state index in [1.165, 1.54) is 6.92 Å². The minimum Gasteiger partial charge on any atom is -0.388 e. The highest BCUT2D eigenvalue weighted by Gasteiger charge is 2.33. The third-order valence-corrected chi connectivity index (χ3v) is 2.17. The molecule has 0 fully saturated rings. The van der Waals surface area contributed by atoms with Crippen LogP contribution in [-0.4, -0.2) is 11.3 Å². The van der Waals surface area contributed by atoms with Crippen LogP contribution in [0.4, 0.5) is 22.0 Å². The molecular weight excluding hydrogens is 259 g/mol. The Balaban J connectivity index is 3.28. The number of rotatable bonds is 3. The molecule has 3 nitrogen and oxygen atoms in total. The Bertz CT molecular complexity index is 478. The fraction of sp³-hybridized carbons (Fsp3) is 0.400. The molecule has 0 aromatic carbocycles. The summed E-state index contributed by atoms with van der Waals surface area (Å²) in [4.78, 5) is 3.19. The molecule has 0 spiro atoms. The topological polar surface area (TPSA) is 45.9 Å². The first-order valence-corrected chi connectivity index (χ1v) is 4.65. The van der Waals surface area contributed by atoms with Gasteiger partial charge in [-0.25, -0.2) is 13.8 Å². The summed E-state index contributed by atoms with van der Waals surface area (Å²) < 4.78 is 64.8. The lowest BCUT2D eigenvalue weighted by atomic mass is 10.0. The van der Waals surface area contributed by atoms with Crippen LogP contribution < -0.4 is 4.74 Å². The fourth-order valence-corrected chi connectivity index (χ4v) is 1.34. The summed E-state index contributed by atoms with van der Waals surface area (Å²) in [7, 11) is 0. The van der Waals surface area contributed by atoms with Crippen molar-refractivity contribution >= 4 is 0 Å². The summed E-state index contributed by atoms with van der Waals surface area (Å²) in [6.45, 7) is 1.19. The van der Waals surface area contributed by atoms with Crippen LogP contribution in [0.15, 0.2) is 6.20 Å². The lowest BCUT2D eigenvalue weighted by Gasteiger charge is -2.14. The number of nitrogens with zero attached hydrogens (tertiary/aromatic N) is 2. The van der Waals surface area contributed by atoms with E-state index in [0.717, 1.165) is 0 Å². The fourth-order valence-electron chi connectivity index (χ4n) is 1.34. The molecule has 0 saturated heterocycles. The SMILES string of the molecule is Cc1c(C(F)F)cnc(OC(F)(F)F)c1CC#N. The number of aromatic nitrogens is 1. The lowest BCUT2D eigenvalue weighted by molar-refractivity contribution is -0.276. The Morgan fingerprint density at radius 3 is 2.50 bits per heavy atom. The number of hydrogen-bond donors (Lipinski definition) is 0. The summed E-state index contributed by atoms with van der Waals surface area (Å²) >= 11 is 0. The van der Waals surface area contributed by atoms with Crippen LogP contribution in [0.1, 0.15) is 23.1 Å². The zero-order chi connectivity index (χ0) is 13.9. The molecule has 0 saturated carbocycles. The van der Waals surface area contributed by atoms with E-state index in [2.05, 4.69) is 9.72 Å². The van der Waals surface area contributed by atoms with Crippen LogP contribution in [0.2, 0.25) is 0 Å². The Labute approximate surface area is 98.8 Å². The molecular formula is C10H7F5N2O. The minimum atomic E-state index is -4.99. The predicted octanol–water partition coefficient (Wildman–Crippen LogP) is 3.29. The maximum absolute atomic E-state index is 12.5. The average Bonchev–Trinajstić information content (AvgIpc) is 2.21. The van der Waals surface area contributed by atoms with Gasteiger partial charge in [0.15, 0.2) is 0 Å². The van der Waals surface area contributed by atoms with E-state index in [1.54, 1.807) is 6.07 Å². The van der Waals surface area contributed by atoms with Gasteiger partial charge < -0.3 is 4.74 Å². The van der Waals surface area contributed by atoms with Crippen molar-refractivity contribution in [1.82, 2.24) is 4.98 Å². The quantitative estimate of drug-likeness (QED) is 0.788. The molecule has 0 atom stereocenters. The lowest BCUT2D eigenvalue weighted by Crippen LogP contribution is -2.19. The van der Waals surface area contributed by atoms with Crippen molar-refractivity contribution in [2.75, 3.05) is 0 Å². The molecule has 0 aliphatic heterocycles. The van der Waals surface area contributed by atoms with Crippen molar-refractivity contribution in [2.45, 2.75) is 26.1 Å². The number of hydrogen-bond acceptors (Lipinski definition) is 3. The number of alkyl halides is 5. The highest BCUT2D eigenvalue weighted by atomic mass is 19.4. The number of halogens is 5. The van der Waals surface area contributed by atoms with Gasteiger partial charge in [-0.3, -0.25) is 0 Å². The van der Waals surface area contributed by atoms with Crippen LogP contribution in [0, 0.1) is 18.3 Å². The van der Waals surface area contributed by atoms with Crippen LogP contribution in [0.25, 0.3) is 0 Å². The van der Waals surface area contributed by atoms with Gasteiger partial charge in [-0.05, 0) is 12.5 Å². The monoisotopic (exact) mass is 266 g/mol. The molecule has 8 heteroatoms. The average molecular weight is 266 g/mol. The third-order valence-electron chi connectivity index (χ3n) is 2.17. The van der Waals surface area contributed by atoms with E-state index < -0.39 is 30.7 Å². The molecule has 0 unspecified atom stereocenters. The van der Waals surface area contributed by atoms with Crippen molar-refractivity contribution in [1.29, 1.82) is 5.26 Å². The van der Waals surface area contributed by atoms with Crippen LogP contribution >= 0.6 is 0 Å². The normalized spacial score (nSPS) is 11.4. The zero-order valence-electron chi connectivity index (χ0n) is 9.05. The van der Waals surface area contributed by atoms with Gasteiger partial charge in [0.25, 0.3) is 6.43 Å². The third kappa shape index (κ3) is 3.29. The maximum Gasteiger partial charge on any atom is 0.574 e. The van der Waals surface area contributed by atoms with Crippen molar-refractivity contribution in [3.8, 4) is 11.9 Å². The van der Waals surface area contributed by atoms with Crippen LogP contribution in [0.3, 0.4) is 0 Å². The summed E-state index contributed by atoms with van der Waals surface area (Å²) in [5.41, 5.74) is -0.928. The molecule has 18 heavy (non-hydrogen) atoms. The van der Waals surface area contributed by atoms with Crippen molar-refractivity contribution in [3.63, 3.8) is 0 Å². The van der Waals surface area contributed by atoms with Crippen LogP contribution in [-0.2, 0) is 6.42 Å². The van der Waals surface area contributed by atoms with Gasteiger partial charge in [-0.2, -0.15) is 5.26 Å². The summed E-state index contributed by atoms with van der Waals surface area (Å²) in [6.07, 6.45) is -7.75. The maximum atomic E-state index is 12.5. The smallest absolute Gasteiger partial charge is 0.388 e. The van der Waals surface area contributed by atoms with Gasteiger partial charge in [0.1, 0.15) is 0 Å². The van der Waals surface area contributed by atoms with Gasteiger partial charge in [0.05, 0.1) is 12.5 Å². The highest BCUT2D eigenvalue weighted by molar-refractivity contribution is 5.41. The molecule has 0 aliphatic carbocycles. The van der Waals surface area contributed by atoms with E-state index >= 15 is 0 Å². The largest absolute Gasteiger partial charge is 0.574 e. The highest BCUT2D eigenvalue weighted by Crippen LogP contribution is 2.31. The van der Waals surface area contributed by atoms with Gasteiger partial charge >= 0.3 is 6.36 Å². The first kappa shape index (κ1) is 14.2. The number of ether oxygens (including phenoxy) is 1. The molecule has 0 N–H and O–H groups in total. The van der Waals surface area contributed by atoms with E-state index in [4.69, 9.17) is 5.26 Å². The molecule has 1 heterocycles. The van der Waals surface area contributed by atoms with Crippen LogP contribution in [0.5, 0.6) is 5.88 Å². The first-order valence-electron chi connectivity index (χ1n) is 4.65. The Morgan fingerprint density at radius 2 is 2.06 bits per heavy atom. The predicted molar refractivity (Wildman–Crippen MR) is 49.9 cm³/mol. The molecule has 0 bridgehead atoms. The first-order chi connectivity index (χ1) is 8.26. The second-order valence-corrected chi connectivity index (χ2v) is 3.31. The standard InChI is InChI=1S/C10H7F5N2O/c1-5-6(2-3-16)9(18-10(13,14)15)17-4-7(5)8(11)12/h4,8H,2H2,1H3. The van der Waals surface area contributed by atoms with Gasteiger partial charge in [0.2, 0.25) is 5.88 Å². The van der Waals surface area contributed by atoms with Gasteiger partial charge in [-0.1, -0.05) is 0 Å². The Morgan fingerprint density at radius 1 is 1.44 bits per heavy atom. The number of pyridine rings is 1. The van der Waals surface area contributed by atoms with Crippen molar-refractivity contribution < 1.29 is 26.7 Å². The molecule has 98 valence electrons. The van der Waals surface area contributed by atoms with E-state index in [1.807, 2.05) is 0 Å². The molecule has 0 amide bonds. The summed E-state index contributed by atoms with van der Waals surface area (Å²) in [5.74, 6) is -0.869. The minimum absolute atomic E-state index is 0.124. The van der Waals surface area contributed by atoms with Crippen molar-refractivity contribution in [3.05, 3.63) is 22.9 Å². The van der Waals surface area contributed by atoms with E-state index in [9.17, 15) is 22.0 Å². The molecule has 1 aromatic heterocycles. The summed E-state index contributed by atoms with van der Waals surface area (Å²) in [5, 5.41) is 8.49.